The Morgan fingerprint density at radius 1 is 0.750 bits per heavy atom. The Labute approximate surface area is 215 Å². The summed E-state index contributed by atoms with van der Waals surface area (Å²) >= 11 is 0. The lowest BCUT2D eigenvalue weighted by atomic mass is 9.95. The Morgan fingerprint density at radius 2 is 1.33 bits per heavy atom. The average molecular weight is 477 g/mol. The molecule has 36 heavy (non-hydrogen) atoms. The van der Waals surface area contributed by atoms with Crippen LogP contribution in [-0.4, -0.2) is 37.8 Å². The van der Waals surface area contributed by atoms with Crippen molar-refractivity contribution in [2.45, 2.75) is 13.8 Å². The van der Waals surface area contributed by atoms with Gasteiger partial charge in [0, 0.05) is 69.0 Å². The molecule has 1 saturated heterocycles. The number of aryl methyl sites for hydroxylation is 3. The third-order valence-electron chi connectivity index (χ3n) is 7.31. The normalized spacial score (nSPS) is 13.7. The van der Waals surface area contributed by atoms with E-state index in [1.165, 1.54) is 44.8 Å². The maximum Gasteiger partial charge on any atom is 0.0719 e. The molecule has 4 aromatic rings. The van der Waals surface area contributed by atoms with Crippen LogP contribution in [0.3, 0.4) is 0 Å². The highest BCUT2D eigenvalue weighted by Crippen LogP contribution is 2.40. The number of nitrogens with one attached hydrogen (secondary N) is 1. The maximum atomic E-state index is 4.32. The molecule has 0 bridgehead atoms. The number of aromatic nitrogens is 1. The van der Waals surface area contributed by atoms with Gasteiger partial charge < -0.3 is 19.7 Å². The van der Waals surface area contributed by atoms with Crippen LogP contribution in [-0.2, 0) is 7.05 Å². The fraction of sp³-hybridized carbons (Fsp3) is 0.250. The Balaban J connectivity index is 1.47. The van der Waals surface area contributed by atoms with E-state index in [0.717, 1.165) is 37.6 Å². The van der Waals surface area contributed by atoms with Crippen molar-refractivity contribution >= 4 is 17.1 Å². The molecule has 0 unspecified atom stereocenters. The van der Waals surface area contributed by atoms with E-state index in [2.05, 4.69) is 126 Å². The van der Waals surface area contributed by atoms with Crippen molar-refractivity contribution in [2.24, 2.45) is 7.05 Å². The summed E-state index contributed by atoms with van der Waals surface area (Å²) in [5.74, 6) is 0. The number of hydrogen-bond acceptors (Lipinski definition) is 3. The summed E-state index contributed by atoms with van der Waals surface area (Å²) < 4.78 is 2.19. The summed E-state index contributed by atoms with van der Waals surface area (Å²) in [4.78, 5) is 5.00. The molecule has 3 aromatic carbocycles. The first-order valence-corrected chi connectivity index (χ1v) is 12.7. The molecule has 0 atom stereocenters. The lowest BCUT2D eigenvalue weighted by Crippen LogP contribution is -2.46. The van der Waals surface area contributed by atoms with Gasteiger partial charge in [0.05, 0.1) is 11.4 Å². The largest absolute Gasteiger partial charge is 0.387 e. The molecule has 0 aliphatic carbocycles. The second-order valence-electron chi connectivity index (χ2n) is 9.83. The molecule has 184 valence electrons. The zero-order valence-electron chi connectivity index (χ0n) is 21.9. The lowest BCUT2D eigenvalue weighted by molar-refractivity contribution is 0.653. The van der Waals surface area contributed by atoms with Crippen molar-refractivity contribution in [3.05, 3.63) is 102 Å². The minimum atomic E-state index is 0.919. The topological polar surface area (TPSA) is 23.4 Å². The van der Waals surface area contributed by atoms with Gasteiger partial charge in [-0.3, -0.25) is 0 Å². The van der Waals surface area contributed by atoms with E-state index in [4.69, 9.17) is 0 Å². The van der Waals surface area contributed by atoms with Gasteiger partial charge in [-0.15, -0.1) is 0 Å². The summed E-state index contributed by atoms with van der Waals surface area (Å²) in [6.07, 6.45) is 2.23. The van der Waals surface area contributed by atoms with E-state index < -0.39 is 0 Å². The number of piperazine rings is 1. The van der Waals surface area contributed by atoms with Crippen LogP contribution in [0.4, 0.5) is 11.4 Å². The summed E-state index contributed by atoms with van der Waals surface area (Å²) in [5, 5.41) is 3.28. The van der Waals surface area contributed by atoms with Gasteiger partial charge in [-0.25, -0.2) is 0 Å². The van der Waals surface area contributed by atoms with E-state index in [0.29, 0.717) is 0 Å². The molecule has 5 rings (SSSR count). The molecule has 1 aromatic heterocycles. The second kappa shape index (κ2) is 9.98. The summed E-state index contributed by atoms with van der Waals surface area (Å²) in [5.41, 5.74) is 12.1. The number of rotatable bonds is 6. The van der Waals surface area contributed by atoms with Crippen molar-refractivity contribution in [2.75, 3.05) is 43.0 Å². The van der Waals surface area contributed by atoms with Crippen LogP contribution in [0.25, 0.3) is 28.0 Å². The van der Waals surface area contributed by atoms with Crippen molar-refractivity contribution in [3.8, 4) is 22.3 Å². The highest BCUT2D eigenvalue weighted by Gasteiger charge is 2.22. The van der Waals surface area contributed by atoms with Crippen LogP contribution in [0.1, 0.15) is 16.8 Å². The van der Waals surface area contributed by atoms with Crippen LogP contribution >= 0.6 is 0 Å². The predicted octanol–water partition coefficient (Wildman–Crippen LogP) is 6.49. The van der Waals surface area contributed by atoms with Gasteiger partial charge in [0.15, 0.2) is 0 Å². The van der Waals surface area contributed by atoms with Crippen LogP contribution in [0, 0.1) is 13.8 Å². The van der Waals surface area contributed by atoms with Gasteiger partial charge >= 0.3 is 0 Å². The maximum absolute atomic E-state index is 4.32. The predicted molar refractivity (Wildman–Crippen MR) is 155 cm³/mol. The highest BCUT2D eigenvalue weighted by atomic mass is 15.3. The first kappa shape index (κ1) is 23.8. The fourth-order valence-corrected chi connectivity index (χ4v) is 5.19. The molecule has 4 nitrogen and oxygen atoms in total. The smallest absolute Gasteiger partial charge is 0.0719 e. The van der Waals surface area contributed by atoms with Gasteiger partial charge in [-0.2, -0.15) is 0 Å². The van der Waals surface area contributed by atoms with Gasteiger partial charge in [-0.05, 0) is 49.2 Å². The number of anilines is 2. The standard InChI is InChI=1S/C32H36N4/c1-23-9-13-26(14-10-23)30-22-34(5)32(25(3)33-4)31(30)27-7-6-8-29(21-27)36-19-17-35(18-20-36)28-15-11-24(2)12-16-28/h6-16,21-22,33H,3,17-20H2,1-2,4-5H3. The summed E-state index contributed by atoms with van der Waals surface area (Å²) in [7, 11) is 4.04. The summed E-state index contributed by atoms with van der Waals surface area (Å²) in [6.45, 7) is 12.7. The van der Waals surface area contributed by atoms with Gasteiger partial charge in [-0.1, -0.05) is 66.2 Å². The zero-order chi connectivity index (χ0) is 25.2. The Hall–Kier alpha value is -3.92. The van der Waals surface area contributed by atoms with Crippen molar-refractivity contribution in [3.63, 3.8) is 0 Å². The van der Waals surface area contributed by atoms with Gasteiger partial charge in [0.2, 0.25) is 0 Å². The van der Waals surface area contributed by atoms with Crippen LogP contribution < -0.4 is 15.1 Å². The van der Waals surface area contributed by atoms with Crippen molar-refractivity contribution in [1.82, 2.24) is 9.88 Å². The van der Waals surface area contributed by atoms with E-state index in [1.54, 1.807) is 0 Å². The van der Waals surface area contributed by atoms with E-state index in [-0.39, 0.29) is 0 Å². The monoisotopic (exact) mass is 476 g/mol. The van der Waals surface area contributed by atoms with E-state index in [1.807, 2.05) is 7.05 Å². The molecule has 1 aliphatic heterocycles. The minimum absolute atomic E-state index is 0.919. The molecular formula is C32H36N4. The molecule has 1 fully saturated rings. The molecule has 0 saturated carbocycles. The molecule has 4 heteroatoms. The number of nitrogens with zero attached hydrogens (tertiary/aromatic N) is 3. The van der Waals surface area contributed by atoms with Gasteiger partial charge in [0.1, 0.15) is 0 Å². The molecular weight excluding hydrogens is 440 g/mol. The number of benzene rings is 3. The fourth-order valence-electron chi connectivity index (χ4n) is 5.19. The van der Waals surface area contributed by atoms with Gasteiger partial charge in [0.25, 0.3) is 0 Å². The molecule has 2 heterocycles. The summed E-state index contributed by atoms with van der Waals surface area (Å²) in [6, 6.07) is 26.7. The quantitative estimate of drug-likeness (QED) is 0.344. The third-order valence-corrected chi connectivity index (χ3v) is 7.31. The van der Waals surface area contributed by atoms with Crippen molar-refractivity contribution < 1.29 is 0 Å². The lowest BCUT2D eigenvalue weighted by Gasteiger charge is -2.37. The van der Waals surface area contributed by atoms with E-state index in [9.17, 15) is 0 Å². The van der Waals surface area contributed by atoms with Crippen LogP contribution in [0.5, 0.6) is 0 Å². The second-order valence-corrected chi connectivity index (χ2v) is 9.83. The molecule has 0 amide bonds. The third kappa shape index (κ3) is 4.64. The highest BCUT2D eigenvalue weighted by molar-refractivity contribution is 5.92. The van der Waals surface area contributed by atoms with Crippen LogP contribution in [0.2, 0.25) is 0 Å². The first-order valence-electron chi connectivity index (χ1n) is 12.7. The Kier molecular flexibility index (Phi) is 6.60. The Bertz CT molecular complexity index is 1350. The van der Waals surface area contributed by atoms with E-state index >= 15 is 0 Å². The SMILES string of the molecule is C=C(NC)c1c(-c2cccc(N3CCN(c4ccc(C)cc4)CC3)c2)c(-c2ccc(C)cc2)cn1C. The average Bonchev–Trinajstić information content (AvgIpc) is 3.26. The molecule has 0 radical (unpaired) electrons. The zero-order valence-corrected chi connectivity index (χ0v) is 21.9. The molecule has 1 N–H and O–H groups in total. The minimum Gasteiger partial charge on any atom is -0.387 e. The molecule has 0 spiro atoms. The number of hydrogen-bond donors (Lipinski definition) is 1. The first-order chi connectivity index (χ1) is 17.4. The Morgan fingerprint density at radius 3 is 1.94 bits per heavy atom. The molecule has 1 aliphatic rings. The van der Waals surface area contributed by atoms with Crippen molar-refractivity contribution in [1.29, 1.82) is 0 Å². The van der Waals surface area contributed by atoms with Crippen LogP contribution in [0.15, 0.2) is 85.6 Å².